The summed E-state index contributed by atoms with van der Waals surface area (Å²) in [6.45, 7) is 6.43. The molecule has 0 radical (unpaired) electrons. The quantitative estimate of drug-likeness (QED) is 0.918. The van der Waals surface area contributed by atoms with Gasteiger partial charge in [0.25, 0.3) is 0 Å². The van der Waals surface area contributed by atoms with E-state index in [1.165, 1.54) is 12.1 Å². The lowest BCUT2D eigenvalue weighted by Gasteiger charge is -2.33. The summed E-state index contributed by atoms with van der Waals surface area (Å²) < 4.78 is 18.2. The first-order chi connectivity index (χ1) is 11.0. The van der Waals surface area contributed by atoms with Gasteiger partial charge in [-0.15, -0.1) is 0 Å². The van der Waals surface area contributed by atoms with Crippen LogP contribution in [0, 0.1) is 12.7 Å². The number of nitrogens with zero attached hydrogens (tertiary/aromatic N) is 2. The maximum absolute atomic E-state index is 13.2. The predicted octanol–water partition coefficient (Wildman–Crippen LogP) is 1.85. The highest BCUT2D eigenvalue weighted by molar-refractivity contribution is 5.93. The van der Waals surface area contributed by atoms with Gasteiger partial charge in [-0.3, -0.25) is 9.69 Å². The van der Waals surface area contributed by atoms with Crippen LogP contribution in [0.25, 0.3) is 0 Å². The Morgan fingerprint density at radius 2 is 1.96 bits per heavy atom. The minimum atomic E-state index is -0.381. The van der Waals surface area contributed by atoms with Crippen molar-refractivity contribution >= 4 is 17.7 Å². The Morgan fingerprint density at radius 3 is 2.61 bits per heavy atom. The molecule has 1 saturated heterocycles. The van der Waals surface area contributed by atoms with Crippen molar-refractivity contribution in [3.63, 3.8) is 0 Å². The SMILES string of the molecule is CCOC(=O)N1CCN(CC(=O)Nc2cc(F)ccc2C)CC1. The van der Waals surface area contributed by atoms with E-state index in [1.54, 1.807) is 17.9 Å². The highest BCUT2D eigenvalue weighted by atomic mass is 19.1. The second-order valence-corrected chi connectivity index (χ2v) is 5.47. The van der Waals surface area contributed by atoms with Crippen molar-refractivity contribution in [2.45, 2.75) is 13.8 Å². The van der Waals surface area contributed by atoms with Crippen LogP contribution < -0.4 is 5.32 Å². The molecule has 0 bridgehead atoms. The van der Waals surface area contributed by atoms with Crippen molar-refractivity contribution < 1.29 is 18.7 Å². The van der Waals surface area contributed by atoms with E-state index in [0.29, 0.717) is 38.5 Å². The molecule has 2 amide bonds. The summed E-state index contributed by atoms with van der Waals surface area (Å²) >= 11 is 0. The number of rotatable bonds is 4. The zero-order valence-electron chi connectivity index (χ0n) is 13.5. The molecule has 0 aliphatic carbocycles. The van der Waals surface area contributed by atoms with Crippen LogP contribution in [0.3, 0.4) is 0 Å². The van der Waals surface area contributed by atoms with Crippen molar-refractivity contribution in [1.82, 2.24) is 9.80 Å². The molecule has 0 aromatic heterocycles. The van der Waals surface area contributed by atoms with Crippen molar-refractivity contribution in [3.8, 4) is 0 Å². The van der Waals surface area contributed by atoms with Crippen LogP contribution in [0.15, 0.2) is 18.2 Å². The number of hydrogen-bond acceptors (Lipinski definition) is 4. The zero-order chi connectivity index (χ0) is 16.8. The lowest BCUT2D eigenvalue weighted by atomic mass is 10.2. The molecule has 0 unspecified atom stereocenters. The lowest BCUT2D eigenvalue weighted by molar-refractivity contribution is -0.117. The molecule has 0 saturated carbocycles. The summed E-state index contributed by atoms with van der Waals surface area (Å²) in [6.07, 6.45) is -0.313. The summed E-state index contributed by atoms with van der Waals surface area (Å²) in [6, 6.07) is 4.30. The average molecular weight is 323 g/mol. The third-order valence-electron chi connectivity index (χ3n) is 3.74. The highest BCUT2D eigenvalue weighted by Gasteiger charge is 2.23. The summed E-state index contributed by atoms with van der Waals surface area (Å²) in [4.78, 5) is 27.3. The van der Waals surface area contributed by atoms with Gasteiger partial charge in [-0.25, -0.2) is 9.18 Å². The first-order valence-electron chi connectivity index (χ1n) is 7.69. The molecule has 1 aromatic carbocycles. The number of piperazine rings is 1. The van der Waals surface area contributed by atoms with E-state index in [0.717, 1.165) is 5.56 Å². The van der Waals surface area contributed by atoms with Crippen molar-refractivity contribution in [2.75, 3.05) is 44.6 Å². The van der Waals surface area contributed by atoms with E-state index in [1.807, 2.05) is 11.8 Å². The number of aryl methyl sites for hydroxylation is 1. The van der Waals surface area contributed by atoms with Gasteiger partial charge < -0.3 is 15.0 Å². The number of benzene rings is 1. The number of ether oxygens (including phenoxy) is 1. The van der Waals surface area contributed by atoms with Crippen LogP contribution in [-0.2, 0) is 9.53 Å². The Morgan fingerprint density at radius 1 is 1.26 bits per heavy atom. The monoisotopic (exact) mass is 323 g/mol. The molecule has 1 aliphatic rings. The van der Waals surface area contributed by atoms with E-state index in [4.69, 9.17) is 4.74 Å². The molecule has 7 heteroatoms. The molecule has 6 nitrogen and oxygen atoms in total. The van der Waals surface area contributed by atoms with Crippen LogP contribution in [0.4, 0.5) is 14.9 Å². The van der Waals surface area contributed by atoms with Crippen molar-refractivity contribution in [2.24, 2.45) is 0 Å². The number of halogens is 1. The minimum Gasteiger partial charge on any atom is -0.450 e. The summed E-state index contributed by atoms with van der Waals surface area (Å²) in [5.41, 5.74) is 1.30. The summed E-state index contributed by atoms with van der Waals surface area (Å²) in [5, 5.41) is 2.73. The van der Waals surface area contributed by atoms with E-state index in [-0.39, 0.29) is 24.4 Å². The lowest BCUT2D eigenvalue weighted by Crippen LogP contribution is -2.50. The Kier molecular flexibility index (Phi) is 5.92. The standard InChI is InChI=1S/C16H22FN3O3/c1-3-23-16(22)20-8-6-19(7-9-20)11-15(21)18-14-10-13(17)5-4-12(14)2/h4-5,10H,3,6-9,11H2,1-2H3,(H,18,21). The van der Waals surface area contributed by atoms with Crippen LogP contribution in [0.2, 0.25) is 0 Å². The number of nitrogens with one attached hydrogen (secondary N) is 1. The van der Waals surface area contributed by atoms with Gasteiger partial charge in [0.05, 0.1) is 13.2 Å². The van der Waals surface area contributed by atoms with E-state index in [9.17, 15) is 14.0 Å². The van der Waals surface area contributed by atoms with Crippen molar-refractivity contribution in [3.05, 3.63) is 29.6 Å². The molecular formula is C16H22FN3O3. The molecular weight excluding hydrogens is 301 g/mol. The molecule has 1 fully saturated rings. The van der Waals surface area contributed by atoms with Gasteiger partial charge in [-0.05, 0) is 31.5 Å². The van der Waals surface area contributed by atoms with E-state index >= 15 is 0 Å². The fraction of sp³-hybridized carbons (Fsp3) is 0.500. The first kappa shape index (κ1) is 17.2. The zero-order valence-corrected chi connectivity index (χ0v) is 13.5. The molecule has 1 aliphatic heterocycles. The van der Waals surface area contributed by atoms with Crippen LogP contribution >= 0.6 is 0 Å². The molecule has 126 valence electrons. The van der Waals surface area contributed by atoms with Gasteiger partial charge in [0.2, 0.25) is 5.91 Å². The maximum atomic E-state index is 13.2. The Labute approximate surface area is 135 Å². The van der Waals surface area contributed by atoms with Crippen LogP contribution in [0.5, 0.6) is 0 Å². The Bertz CT molecular complexity index is 572. The molecule has 1 aromatic rings. The highest BCUT2D eigenvalue weighted by Crippen LogP contribution is 2.16. The van der Waals surface area contributed by atoms with Gasteiger partial charge in [0, 0.05) is 31.9 Å². The maximum Gasteiger partial charge on any atom is 0.409 e. The second kappa shape index (κ2) is 7.92. The fourth-order valence-corrected chi connectivity index (χ4v) is 2.43. The number of anilines is 1. The van der Waals surface area contributed by atoms with Crippen molar-refractivity contribution in [1.29, 1.82) is 0 Å². The van der Waals surface area contributed by atoms with Gasteiger partial charge in [-0.2, -0.15) is 0 Å². The first-order valence-corrected chi connectivity index (χ1v) is 7.69. The van der Waals surface area contributed by atoms with Gasteiger partial charge in [-0.1, -0.05) is 6.07 Å². The smallest absolute Gasteiger partial charge is 0.409 e. The van der Waals surface area contributed by atoms with E-state index < -0.39 is 0 Å². The molecule has 2 rings (SSSR count). The number of hydrogen-bond donors (Lipinski definition) is 1. The minimum absolute atomic E-state index is 0.191. The van der Waals surface area contributed by atoms with E-state index in [2.05, 4.69) is 5.32 Å². The third kappa shape index (κ3) is 4.92. The van der Waals surface area contributed by atoms with Gasteiger partial charge >= 0.3 is 6.09 Å². The Hall–Kier alpha value is -2.15. The second-order valence-electron chi connectivity index (χ2n) is 5.47. The molecule has 23 heavy (non-hydrogen) atoms. The predicted molar refractivity (Wildman–Crippen MR) is 84.8 cm³/mol. The van der Waals surface area contributed by atoms with Gasteiger partial charge in [0.15, 0.2) is 0 Å². The normalized spacial score (nSPS) is 15.3. The molecule has 1 N–H and O–H groups in total. The van der Waals surface area contributed by atoms with Gasteiger partial charge in [0.1, 0.15) is 5.82 Å². The number of carbonyl (C=O) groups excluding carboxylic acids is 2. The summed E-state index contributed by atoms with van der Waals surface area (Å²) in [5.74, 6) is -0.572. The third-order valence-corrected chi connectivity index (χ3v) is 3.74. The largest absolute Gasteiger partial charge is 0.450 e. The average Bonchev–Trinajstić information content (AvgIpc) is 2.52. The Balaban J connectivity index is 1.81. The number of carbonyl (C=O) groups is 2. The fourth-order valence-electron chi connectivity index (χ4n) is 2.43. The number of amides is 2. The molecule has 0 spiro atoms. The molecule has 0 atom stereocenters. The van der Waals surface area contributed by atoms with Crippen LogP contribution in [-0.4, -0.2) is 61.1 Å². The topological polar surface area (TPSA) is 61.9 Å². The van der Waals surface area contributed by atoms with Crippen LogP contribution in [0.1, 0.15) is 12.5 Å². The molecule has 1 heterocycles. The summed E-state index contributed by atoms with van der Waals surface area (Å²) in [7, 11) is 0.